The van der Waals surface area contributed by atoms with E-state index in [4.69, 9.17) is 5.73 Å². The summed E-state index contributed by atoms with van der Waals surface area (Å²) in [6, 6.07) is 4.11. The molecule has 0 aromatic carbocycles. The summed E-state index contributed by atoms with van der Waals surface area (Å²) in [4.78, 5) is 21.0. The van der Waals surface area contributed by atoms with Crippen LogP contribution < -0.4 is 10.6 Å². The SMILES string of the molecule is NC1CCN(C(=O)c2ccc(N3CCCC3)nc2)CC1. The monoisotopic (exact) mass is 274 g/mol. The Morgan fingerprint density at radius 2 is 1.85 bits per heavy atom. The minimum absolute atomic E-state index is 0.0809. The minimum atomic E-state index is 0.0809. The molecule has 0 spiro atoms. The van der Waals surface area contributed by atoms with Crippen LogP contribution in [-0.2, 0) is 0 Å². The summed E-state index contributed by atoms with van der Waals surface area (Å²) >= 11 is 0. The Hall–Kier alpha value is -1.62. The van der Waals surface area contributed by atoms with Crippen LogP contribution in [0.2, 0.25) is 0 Å². The summed E-state index contributed by atoms with van der Waals surface area (Å²) in [7, 11) is 0. The third-order valence-electron chi connectivity index (χ3n) is 4.25. The van der Waals surface area contributed by atoms with Gasteiger partial charge in [-0.05, 0) is 37.8 Å². The Labute approximate surface area is 119 Å². The summed E-state index contributed by atoms with van der Waals surface area (Å²) in [5.41, 5.74) is 6.55. The van der Waals surface area contributed by atoms with Gasteiger partial charge in [-0.25, -0.2) is 4.98 Å². The predicted octanol–water partition coefficient (Wildman–Crippen LogP) is 1.25. The summed E-state index contributed by atoms with van der Waals surface area (Å²) in [6.45, 7) is 3.66. The van der Waals surface area contributed by atoms with Gasteiger partial charge in [-0.15, -0.1) is 0 Å². The van der Waals surface area contributed by atoms with E-state index in [1.54, 1.807) is 6.20 Å². The molecule has 2 fully saturated rings. The van der Waals surface area contributed by atoms with Gasteiger partial charge in [0.1, 0.15) is 5.82 Å². The van der Waals surface area contributed by atoms with E-state index in [1.807, 2.05) is 17.0 Å². The lowest BCUT2D eigenvalue weighted by molar-refractivity contribution is 0.0714. The van der Waals surface area contributed by atoms with Gasteiger partial charge in [0.2, 0.25) is 0 Å². The van der Waals surface area contributed by atoms with Crippen LogP contribution in [-0.4, -0.2) is 48.0 Å². The lowest BCUT2D eigenvalue weighted by Gasteiger charge is -2.30. The third kappa shape index (κ3) is 2.77. The Morgan fingerprint density at radius 3 is 2.45 bits per heavy atom. The van der Waals surface area contributed by atoms with Gasteiger partial charge in [-0.2, -0.15) is 0 Å². The highest BCUT2D eigenvalue weighted by Gasteiger charge is 2.22. The number of nitrogens with zero attached hydrogens (tertiary/aromatic N) is 3. The maximum absolute atomic E-state index is 12.4. The second-order valence-electron chi connectivity index (χ2n) is 5.73. The molecular weight excluding hydrogens is 252 g/mol. The number of carbonyl (C=O) groups is 1. The van der Waals surface area contributed by atoms with Gasteiger partial charge in [-0.1, -0.05) is 0 Å². The van der Waals surface area contributed by atoms with E-state index < -0.39 is 0 Å². The summed E-state index contributed by atoms with van der Waals surface area (Å²) < 4.78 is 0. The van der Waals surface area contributed by atoms with Crippen LogP contribution in [0.5, 0.6) is 0 Å². The molecule has 5 nitrogen and oxygen atoms in total. The Morgan fingerprint density at radius 1 is 1.15 bits per heavy atom. The highest BCUT2D eigenvalue weighted by Crippen LogP contribution is 2.19. The van der Waals surface area contributed by atoms with Crippen LogP contribution in [0.15, 0.2) is 18.3 Å². The summed E-state index contributed by atoms with van der Waals surface area (Å²) in [5, 5.41) is 0. The molecule has 2 saturated heterocycles. The molecule has 20 heavy (non-hydrogen) atoms. The quantitative estimate of drug-likeness (QED) is 0.881. The third-order valence-corrected chi connectivity index (χ3v) is 4.25. The molecule has 0 saturated carbocycles. The average molecular weight is 274 g/mol. The molecule has 2 N–H and O–H groups in total. The Balaban J connectivity index is 1.66. The van der Waals surface area contributed by atoms with Gasteiger partial charge in [0.15, 0.2) is 0 Å². The zero-order chi connectivity index (χ0) is 13.9. The van der Waals surface area contributed by atoms with Crippen molar-refractivity contribution in [3.63, 3.8) is 0 Å². The van der Waals surface area contributed by atoms with Crippen molar-refractivity contribution < 1.29 is 4.79 Å². The van der Waals surface area contributed by atoms with Crippen molar-refractivity contribution in [2.24, 2.45) is 5.73 Å². The van der Waals surface area contributed by atoms with E-state index in [0.29, 0.717) is 5.56 Å². The second-order valence-corrected chi connectivity index (χ2v) is 5.73. The number of anilines is 1. The zero-order valence-electron chi connectivity index (χ0n) is 11.8. The Bertz CT molecular complexity index is 459. The Kier molecular flexibility index (Phi) is 3.87. The standard InChI is InChI=1S/C15H22N4O/c16-13-5-9-19(10-6-13)15(20)12-3-4-14(17-11-12)18-7-1-2-8-18/h3-4,11,13H,1-2,5-10,16H2. The minimum Gasteiger partial charge on any atom is -0.357 e. The number of likely N-dealkylation sites (tertiary alicyclic amines) is 1. The van der Waals surface area contributed by atoms with Crippen LogP contribution in [0, 0.1) is 0 Å². The van der Waals surface area contributed by atoms with E-state index in [-0.39, 0.29) is 11.9 Å². The van der Waals surface area contributed by atoms with Crippen molar-refractivity contribution in [1.29, 1.82) is 0 Å². The normalized spacial score (nSPS) is 20.4. The van der Waals surface area contributed by atoms with Crippen LogP contribution in [0.3, 0.4) is 0 Å². The van der Waals surface area contributed by atoms with Crippen molar-refractivity contribution in [3.8, 4) is 0 Å². The van der Waals surface area contributed by atoms with Gasteiger partial charge in [-0.3, -0.25) is 4.79 Å². The van der Waals surface area contributed by atoms with E-state index in [0.717, 1.165) is 44.8 Å². The van der Waals surface area contributed by atoms with Crippen LogP contribution in [0.25, 0.3) is 0 Å². The fourth-order valence-corrected chi connectivity index (χ4v) is 2.93. The van der Waals surface area contributed by atoms with E-state index >= 15 is 0 Å². The van der Waals surface area contributed by atoms with Crippen molar-refractivity contribution in [2.45, 2.75) is 31.7 Å². The van der Waals surface area contributed by atoms with Crippen molar-refractivity contribution >= 4 is 11.7 Å². The maximum atomic E-state index is 12.4. The fraction of sp³-hybridized carbons (Fsp3) is 0.600. The number of nitrogens with two attached hydrogens (primary N) is 1. The molecule has 0 bridgehead atoms. The average Bonchev–Trinajstić information content (AvgIpc) is 3.02. The number of amides is 1. The van der Waals surface area contributed by atoms with Gasteiger partial charge >= 0.3 is 0 Å². The zero-order valence-corrected chi connectivity index (χ0v) is 11.8. The number of piperidine rings is 1. The highest BCUT2D eigenvalue weighted by atomic mass is 16.2. The first-order valence-corrected chi connectivity index (χ1v) is 7.50. The molecule has 3 rings (SSSR count). The molecule has 2 aliphatic heterocycles. The van der Waals surface area contributed by atoms with Crippen molar-refractivity contribution in [3.05, 3.63) is 23.9 Å². The number of aromatic nitrogens is 1. The van der Waals surface area contributed by atoms with Crippen LogP contribution >= 0.6 is 0 Å². The molecule has 0 atom stereocenters. The lowest BCUT2D eigenvalue weighted by atomic mass is 10.1. The lowest BCUT2D eigenvalue weighted by Crippen LogP contribution is -2.42. The van der Waals surface area contributed by atoms with E-state index in [1.165, 1.54) is 12.8 Å². The van der Waals surface area contributed by atoms with E-state index in [2.05, 4.69) is 9.88 Å². The fourth-order valence-electron chi connectivity index (χ4n) is 2.93. The molecule has 5 heteroatoms. The molecule has 0 radical (unpaired) electrons. The number of hydrogen-bond donors (Lipinski definition) is 1. The first-order valence-electron chi connectivity index (χ1n) is 7.50. The summed E-state index contributed by atoms with van der Waals surface area (Å²) in [5.74, 6) is 1.07. The van der Waals surface area contributed by atoms with Gasteiger partial charge in [0, 0.05) is 38.4 Å². The van der Waals surface area contributed by atoms with Gasteiger partial charge < -0.3 is 15.5 Å². The summed E-state index contributed by atoms with van der Waals surface area (Å²) in [6.07, 6.45) is 5.97. The number of pyridine rings is 1. The second kappa shape index (κ2) is 5.79. The largest absolute Gasteiger partial charge is 0.357 e. The molecule has 1 aromatic rings. The highest BCUT2D eigenvalue weighted by molar-refractivity contribution is 5.94. The first kappa shape index (κ1) is 13.4. The molecule has 3 heterocycles. The number of carbonyl (C=O) groups excluding carboxylic acids is 1. The van der Waals surface area contributed by atoms with Gasteiger partial charge in [0.25, 0.3) is 5.91 Å². The predicted molar refractivity (Wildman–Crippen MR) is 78.8 cm³/mol. The molecule has 0 unspecified atom stereocenters. The smallest absolute Gasteiger partial charge is 0.255 e. The van der Waals surface area contributed by atoms with E-state index in [9.17, 15) is 4.79 Å². The molecule has 0 aliphatic carbocycles. The van der Waals surface area contributed by atoms with Crippen LogP contribution in [0.1, 0.15) is 36.0 Å². The molecular formula is C15H22N4O. The number of hydrogen-bond acceptors (Lipinski definition) is 4. The molecule has 1 amide bonds. The molecule has 1 aromatic heterocycles. The molecule has 108 valence electrons. The van der Waals surface area contributed by atoms with Crippen LogP contribution in [0.4, 0.5) is 5.82 Å². The first-order chi connectivity index (χ1) is 9.74. The van der Waals surface area contributed by atoms with Crippen molar-refractivity contribution in [2.75, 3.05) is 31.1 Å². The molecule has 2 aliphatic rings. The maximum Gasteiger partial charge on any atom is 0.255 e. The van der Waals surface area contributed by atoms with Gasteiger partial charge in [0.05, 0.1) is 5.56 Å². The topological polar surface area (TPSA) is 62.5 Å². The van der Waals surface area contributed by atoms with Crippen molar-refractivity contribution in [1.82, 2.24) is 9.88 Å². The number of rotatable bonds is 2.